The molecule has 0 saturated carbocycles. The molecule has 0 aliphatic rings. The van der Waals surface area contributed by atoms with Gasteiger partial charge in [0.2, 0.25) is 0 Å². The second-order valence-electron chi connectivity index (χ2n) is 6.07. The monoisotopic (exact) mass is 320 g/mol. The van der Waals surface area contributed by atoms with Gasteiger partial charge in [0, 0.05) is 18.8 Å². The van der Waals surface area contributed by atoms with Crippen LogP contribution in [0.15, 0.2) is 18.6 Å². The first-order valence-electron chi connectivity index (χ1n) is 9.04. The molecule has 0 fully saturated rings. The fourth-order valence-electron chi connectivity index (χ4n) is 2.59. The summed E-state index contributed by atoms with van der Waals surface area (Å²) in [6.45, 7) is 3.26. The molecule has 0 amide bonds. The Balaban J connectivity index is 2.03. The summed E-state index contributed by atoms with van der Waals surface area (Å²) < 4.78 is 6.64. The molecule has 4 heteroatoms. The first-order chi connectivity index (χ1) is 11.3. The Morgan fingerprint density at radius 2 is 1.70 bits per heavy atom. The molecule has 0 N–H and O–H groups in total. The van der Waals surface area contributed by atoms with Crippen molar-refractivity contribution in [3.05, 3.63) is 24.3 Å². The van der Waals surface area contributed by atoms with Crippen molar-refractivity contribution < 1.29 is 9.53 Å². The highest BCUT2D eigenvalue weighted by Crippen LogP contribution is 2.11. The topological polar surface area (TPSA) is 44.1 Å². The molecule has 0 aliphatic carbocycles. The average molecular weight is 320 g/mol. The molecule has 1 aromatic rings. The first kappa shape index (κ1) is 19.5. The van der Waals surface area contributed by atoms with Gasteiger partial charge in [0.25, 0.3) is 0 Å². The summed E-state index contributed by atoms with van der Waals surface area (Å²) in [6.07, 6.45) is 20.3. The van der Waals surface area contributed by atoms with Crippen LogP contribution >= 0.6 is 0 Å². The molecule has 1 aromatic heterocycles. The summed E-state index contributed by atoms with van der Waals surface area (Å²) >= 11 is 0. The smallest absolute Gasteiger partial charge is 0.330 e. The minimum absolute atomic E-state index is 0.353. The van der Waals surface area contributed by atoms with Crippen LogP contribution in [0, 0.1) is 0 Å². The molecule has 0 bridgehead atoms. The number of hydrogen-bond donors (Lipinski definition) is 0. The van der Waals surface area contributed by atoms with E-state index in [1.807, 2.05) is 12.5 Å². The lowest BCUT2D eigenvalue weighted by molar-refractivity contribution is -0.134. The van der Waals surface area contributed by atoms with E-state index in [0.29, 0.717) is 0 Å². The third-order valence-corrected chi connectivity index (χ3v) is 4.01. The van der Waals surface area contributed by atoms with Crippen molar-refractivity contribution in [3.8, 4) is 0 Å². The van der Waals surface area contributed by atoms with Crippen molar-refractivity contribution in [1.82, 2.24) is 9.55 Å². The van der Waals surface area contributed by atoms with E-state index in [1.54, 1.807) is 6.08 Å². The maximum atomic E-state index is 11.0. The number of esters is 1. The highest BCUT2D eigenvalue weighted by atomic mass is 16.5. The van der Waals surface area contributed by atoms with Crippen LogP contribution in [0.3, 0.4) is 0 Å². The van der Waals surface area contributed by atoms with E-state index in [4.69, 9.17) is 0 Å². The van der Waals surface area contributed by atoms with Gasteiger partial charge in [-0.15, -0.1) is 0 Å². The Kier molecular flexibility index (Phi) is 10.9. The lowest BCUT2D eigenvalue weighted by atomic mass is 10.1. The minimum Gasteiger partial charge on any atom is -0.466 e. The number of carbonyl (C=O) groups is 1. The number of methoxy groups -OCH3 is 1. The molecule has 0 aromatic carbocycles. The van der Waals surface area contributed by atoms with E-state index in [2.05, 4.69) is 21.2 Å². The van der Waals surface area contributed by atoms with Crippen molar-refractivity contribution in [2.75, 3.05) is 7.11 Å². The van der Waals surface area contributed by atoms with E-state index in [1.165, 1.54) is 77.4 Å². The van der Waals surface area contributed by atoms with Gasteiger partial charge in [-0.05, 0) is 12.5 Å². The number of aromatic nitrogens is 2. The lowest BCUT2D eigenvalue weighted by Gasteiger charge is -2.03. The zero-order valence-corrected chi connectivity index (χ0v) is 14.8. The summed E-state index contributed by atoms with van der Waals surface area (Å²) in [5.41, 5.74) is 0.794. The molecule has 0 atom stereocenters. The second kappa shape index (κ2) is 12.9. The third-order valence-electron chi connectivity index (χ3n) is 4.01. The molecule has 0 spiro atoms. The molecule has 4 nitrogen and oxygen atoms in total. The Morgan fingerprint density at radius 1 is 1.09 bits per heavy atom. The fraction of sp³-hybridized carbons (Fsp3) is 0.684. The molecule has 1 heterocycles. The standard InChI is InChI=1S/C19H32N2O2/c1-3-4-5-6-7-8-9-10-11-12-15-21-16-18(20-17-21)13-14-19(22)23-2/h13-14,16-17H,3-12,15H2,1-2H3/b14-13+. The molecule has 0 radical (unpaired) electrons. The number of rotatable bonds is 13. The Morgan fingerprint density at radius 3 is 2.30 bits per heavy atom. The number of nitrogens with zero attached hydrogens (tertiary/aromatic N) is 2. The van der Waals surface area contributed by atoms with E-state index in [9.17, 15) is 4.79 Å². The Labute approximate surface area is 140 Å². The number of hydrogen-bond acceptors (Lipinski definition) is 3. The molecule has 1 rings (SSSR count). The van der Waals surface area contributed by atoms with Crippen LogP contribution in [0.4, 0.5) is 0 Å². The minimum atomic E-state index is -0.353. The predicted molar refractivity (Wildman–Crippen MR) is 95.1 cm³/mol. The number of ether oxygens (including phenoxy) is 1. The summed E-state index contributed by atoms with van der Waals surface area (Å²) in [4.78, 5) is 15.3. The van der Waals surface area contributed by atoms with Crippen molar-refractivity contribution in [1.29, 1.82) is 0 Å². The van der Waals surface area contributed by atoms with E-state index >= 15 is 0 Å². The van der Waals surface area contributed by atoms with E-state index < -0.39 is 0 Å². The van der Waals surface area contributed by atoms with E-state index in [0.717, 1.165) is 12.2 Å². The number of unbranched alkanes of at least 4 members (excludes halogenated alkanes) is 9. The number of aryl methyl sites for hydroxylation is 1. The quantitative estimate of drug-likeness (QED) is 0.292. The number of carbonyl (C=O) groups excluding carboxylic acids is 1. The van der Waals surface area contributed by atoms with Crippen molar-refractivity contribution in [2.24, 2.45) is 0 Å². The van der Waals surface area contributed by atoms with Crippen LogP contribution in [-0.2, 0) is 16.1 Å². The maximum absolute atomic E-state index is 11.0. The third kappa shape index (κ3) is 9.93. The van der Waals surface area contributed by atoms with Gasteiger partial charge in [-0.25, -0.2) is 9.78 Å². The highest BCUT2D eigenvalue weighted by Gasteiger charge is 1.98. The maximum Gasteiger partial charge on any atom is 0.330 e. The van der Waals surface area contributed by atoms with E-state index in [-0.39, 0.29) is 5.97 Å². The van der Waals surface area contributed by atoms with Gasteiger partial charge in [-0.2, -0.15) is 0 Å². The first-order valence-corrected chi connectivity index (χ1v) is 9.04. The molecule has 0 aliphatic heterocycles. The van der Waals surface area contributed by atoms with Gasteiger partial charge in [-0.3, -0.25) is 0 Å². The number of imidazole rings is 1. The molecular weight excluding hydrogens is 288 g/mol. The van der Waals surface area contributed by atoms with Crippen molar-refractivity contribution >= 4 is 12.0 Å². The zero-order valence-electron chi connectivity index (χ0n) is 14.8. The Bertz CT molecular complexity index is 452. The highest BCUT2D eigenvalue weighted by molar-refractivity contribution is 5.86. The van der Waals surface area contributed by atoms with Gasteiger partial charge in [0.15, 0.2) is 0 Å². The summed E-state index contributed by atoms with van der Waals surface area (Å²) in [7, 11) is 1.37. The summed E-state index contributed by atoms with van der Waals surface area (Å²) in [6, 6.07) is 0. The van der Waals surface area contributed by atoms with Crippen LogP contribution in [-0.4, -0.2) is 22.6 Å². The zero-order chi connectivity index (χ0) is 16.8. The van der Waals surface area contributed by atoms with Gasteiger partial charge >= 0.3 is 5.97 Å². The summed E-state index contributed by atoms with van der Waals surface area (Å²) in [5, 5.41) is 0. The lowest BCUT2D eigenvalue weighted by Crippen LogP contribution is -1.94. The van der Waals surface area contributed by atoms with Crippen LogP contribution in [0.25, 0.3) is 6.08 Å². The predicted octanol–water partition coefficient (Wildman–Crippen LogP) is 4.99. The van der Waals surface area contributed by atoms with Gasteiger partial charge in [-0.1, -0.05) is 64.7 Å². The molecule has 23 heavy (non-hydrogen) atoms. The Hall–Kier alpha value is -1.58. The van der Waals surface area contributed by atoms with Gasteiger partial charge < -0.3 is 9.30 Å². The van der Waals surface area contributed by atoms with Gasteiger partial charge in [0.05, 0.1) is 19.1 Å². The molecule has 0 unspecified atom stereocenters. The fourth-order valence-corrected chi connectivity index (χ4v) is 2.59. The second-order valence-corrected chi connectivity index (χ2v) is 6.07. The van der Waals surface area contributed by atoms with Crippen molar-refractivity contribution in [3.63, 3.8) is 0 Å². The molecule has 130 valence electrons. The van der Waals surface area contributed by atoms with Gasteiger partial charge in [0.1, 0.15) is 0 Å². The van der Waals surface area contributed by atoms with Crippen molar-refractivity contribution in [2.45, 2.75) is 77.7 Å². The summed E-state index contributed by atoms with van der Waals surface area (Å²) in [5.74, 6) is -0.353. The SMILES string of the molecule is CCCCCCCCCCCCn1cnc(/C=C/C(=O)OC)c1. The van der Waals surface area contributed by atoms with Crippen LogP contribution in [0.1, 0.15) is 76.8 Å². The average Bonchev–Trinajstić information content (AvgIpc) is 3.02. The van der Waals surface area contributed by atoms with Crippen LogP contribution < -0.4 is 0 Å². The normalized spacial score (nSPS) is 11.2. The molecule has 0 saturated heterocycles. The van der Waals surface area contributed by atoms with Crippen LogP contribution in [0.5, 0.6) is 0 Å². The van der Waals surface area contributed by atoms with Crippen LogP contribution in [0.2, 0.25) is 0 Å². The molecular formula is C19H32N2O2. The largest absolute Gasteiger partial charge is 0.466 e.